The van der Waals surface area contributed by atoms with Crippen molar-refractivity contribution < 1.29 is 0 Å². The molecule has 0 aromatic carbocycles. The molecule has 0 aliphatic rings. The predicted molar refractivity (Wildman–Crippen MR) is 60.4 cm³/mol. The molecule has 0 saturated carbocycles. The summed E-state index contributed by atoms with van der Waals surface area (Å²) >= 11 is 3.40. The largest absolute Gasteiger partial charge is 0.313 e. The molecule has 0 unspecified atom stereocenters. The van der Waals surface area contributed by atoms with Crippen LogP contribution in [0.15, 0.2) is 22.8 Å². The zero-order valence-electron chi connectivity index (χ0n) is 8.16. The van der Waals surface area contributed by atoms with Crippen LogP contribution < -0.4 is 5.32 Å². The van der Waals surface area contributed by atoms with E-state index < -0.39 is 0 Å². The lowest BCUT2D eigenvalue weighted by Crippen LogP contribution is -2.08. The van der Waals surface area contributed by atoms with Crippen LogP contribution in [0.5, 0.6) is 0 Å². The SMILES string of the molecule is CNCc1nc(C#N)c2ccc(Br)cn12. The van der Waals surface area contributed by atoms with Crippen LogP contribution in [0.1, 0.15) is 11.5 Å². The lowest BCUT2D eigenvalue weighted by molar-refractivity contribution is 0.754. The van der Waals surface area contributed by atoms with Gasteiger partial charge in [-0.25, -0.2) is 4.98 Å². The van der Waals surface area contributed by atoms with E-state index in [4.69, 9.17) is 5.26 Å². The molecule has 0 aliphatic carbocycles. The Kier molecular flexibility index (Phi) is 2.71. The fourth-order valence-electron chi connectivity index (χ4n) is 1.49. The third-order valence-corrected chi connectivity index (χ3v) is 2.58. The molecule has 15 heavy (non-hydrogen) atoms. The summed E-state index contributed by atoms with van der Waals surface area (Å²) in [5.74, 6) is 0.838. The van der Waals surface area contributed by atoms with Crippen molar-refractivity contribution in [1.29, 1.82) is 5.26 Å². The molecule has 0 spiro atoms. The molecule has 4 nitrogen and oxygen atoms in total. The third kappa shape index (κ3) is 1.74. The number of rotatable bonds is 2. The van der Waals surface area contributed by atoms with Gasteiger partial charge in [0.25, 0.3) is 0 Å². The number of imidazole rings is 1. The molecule has 2 heterocycles. The van der Waals surface area contributed by atoms with Crippen molar-refractivity contribution in [2.75, 3.05) is 7.05 Å². The van der Waals surface area contributed by atoms with Gasteiger partial charge in [0.1, 0.15) is 11.9 Å². The van der Waals surface area contributed by atoms with Gasteiger partial charge in [-0.15, -0.1) is 0 Å². The standard InChI is InChI=1S/C10H9BrN4/c1-13-5-10-14-8(4-12)9-3-2-7(11)6-15(9)10/h2-3,6,13H,5H2,1H3. The number of fused-ring (bicyclic) bond motifs is 1. The van der Waals surface area contributed by atoms with Crippen LogP contribution in [0.2, 0.25) is 0 Å². The number of nitrogens with one attached hydrogen (secondary N) is 1. The molecule has 1 N–H and O–H groups in total. The number of pyridine rings is 1. The molecule has 0 bridgehead atoms. The van der Waals surface area contributed by atoms with Gasteiger partial charge in [0.05, 0.1) is 12.1 Å². The number of hydrogen-bond donors (Lipinski definition) is 1. The molecule has 0 radical (unpaired) electrons. The monoisotopic (exact) mass is 264 g/mol. The smallest absolute Gasteiger partial charge is 0.166 e. The van der Waals surface area contributed by atoms with E-state index >= 15 is 0 Å². The van der Waals surface area contributed by atoms with Gasteiger partial charge in [-0.2, -0.15) is 5.26 Å². The number of aromatic nitrogens is 2. The lowest BCUT2D eigenvalue weighted by Gasteiger charge is -2.00. The highest BCUT2D eigenvalue weighted by Gasteiger charge is 2.09. The quantitative estimate of drug-likeness (QED) is 0.898. The van der Waals surface area contributed by atoms with Gasteiger partial charge in [-0.1, -0.05) is 0 Å². The first-order valence-electron chi connectivity index (χ1n) is 4.47. The molecular formula is C10H9BrN4. The predicted octanol–water partition coefficient (Wildman–Crippen LogP) is 1.69. The summed E-state index contributed by atoms with van der Waals surface area (Å²) in [6, 6.07) is 5.88. The van der Waals surface area contributed by atoms with Crippen LogP contribution >= 0.6 is 15.9 Å². The molecule has 2 rings (SSSR count). The second kappa shape index (κ2) is 4.01. The Hall–Kier alpha value is -1.38. The van der Waals surface area contributed by atoms with E-state index in [1.165, 1.54) is 0 Å². The molecule has 0 fully saturated rings. The van der Waals surface area contributed by atoms with Gasteiger partial charge in [0.15, 0.2) is 5.69 Å². The third-order valence-electron chi connectivity index (χ3n) is 2.11. The second-order valence-electron chi connectivity index (χ2n) is 3.12. The molecule has 2 aromatic heterocycles. The lowest BCUT2D eigenvalue weighted by atomic mass is 10.3. The molecule has 0 atom stereocenters. The van der Waals surface area contributed by atoms with Crippen LogP contribution in [0, 0.1) is 11.3 Å². The highest BCUT2D eigenvalue weighted by atomic mass is 79.9. The van der Waals surface area contributed by atoms with Gasteiger partial charge in [0, 0.05) is 10.7 Å². The maximum atomic E-state index is 8.93. The maximum absolute atomic E-state index is 8.93. The second-order valence-corrected chi connectivity index (χ2v) is 4.04. The minimum Gasteiger partial charge on any atom is -0.313 e. The fraction of sp³-hybridized carbons (Fsp3) is 0.200. The molecule has 5 heteroatoms. The van der Waals surface area contributed by atoms with Gasteiger partial charge in [-0.3, -0.25) is 0 Å². The van der Waals surface area contributed by atoms with Gasteiger partial charge in [-0.05, 0) is 35.1 Å². The van der Waals surface area contributed by atoms with E-state index in [0.717, 1.165) is 15.8 Å². The Morgan fingerprint density at radius 2 is 2.40 bits per heavy atom. The highest BCUT2D eigenvalue weighted by molar-refractivity contribution is 9.10. The van der Waals surface area contributed by atoms with E-state index in [2.05, 4.69) is 32.3 Å². The fourth-order valence-corrected chi connectivity index (χ4v) is 1.82. The Labute approximate surface area is 95.7 Å². The number of hydrogen-bond acceptors (Lipinski definition) is 3. The summed E-state index contributed by atoms with van der Waals surface area (Å²) in [6.07, 6.45) is 1.91. The van der Waals surface area contributed by atoms with E-state index in [1.807, 2.05) is 29.8 Å². The highest BCUT2D eigenvalue weighted by Crippen LogP contribution is 2.17. The zero-order valence-corrected chi connectivity index (χ0v) is 9.74. The van der Waals surface area contributed by atoms with Crippen molar-refractivity contribution in [3.8, 4) is 6.07 Å². The average molecular weight is 265 g/mol. The summed E-state index contributed by atoms with van der Waals surface area (Å²) < 4.78 is 2.88. The normalized spacial score (nSPS) is 10.5. The molecule has 76 valence electrons. The van der Waals surface area contributed by atoms with Gasteiger partial charge < -0.3 is 9.72 Å². The van der Waals surface area contributed by atoms with Gasteiger partial charge >= 0.3 is 0 Å². The first-order chi connectivity index (χ1) is 7.26. The number of halogens is 1. The summed E-state index contributed by atoms with van der Waals surface area (Å²) in [5.41, 5.74) is 1.30. The zero-order chi connectivity index (χ0) is 10.8. The van der Waals surface area contributed by atoms with Crippen molar-refractivity contribution in [1.82, 2.24) is 14.7 Å². The van der Waals surface area contributed by atoms with Crippen LogP contribution in [0.4, 0.5) is 0 Å². The van der Waals surface area contributed by atoms with Gasteiger partial charge in [0.2, 0.25) is 0 Å². The minimum absolute atomic E-state index is 0.466. The molecule has 0 amide bonds. The average Bonchev–Trinajstić information content (AvgIpc) is 2.57. The minimum atomic E-state index is 0.466. The van der Waals surface area contributed by atoms with Crippen LogP contribution in [0.25, 0.3) is 5.52 Å². The number of nitrogens with zero attached hydrogens (tertiary/aromatic N) is 3. The Balaban J connectivity index is 2.71. The van der Waals surface area contributed by atoms with Crippen molar-refractivity contribution in [3.05, 3.63) is 34.3 Å². The summed E-state index contributed by atoms with van der Waals surface area (Å²) in [6.45, 7) is 0.638. The first kappa shape index (κ1) is 10.1. The summed E-state index contributed by atoms with van der Waals surface area (Å²) in [4.78, 5) is 4.26. The van der Waals surface area contributed by atoms with Crippen molar-refractivity contribution in [2.45, 2.75) is 6.54 Å². The molecular weight excluding hydrogens is 256 g/mol. The van der Waals surface area contributed by atoms with Crippen LogP contribution in [-0.2, 0) is 6.54 Å². The van der Waals surface area contributed by atoms with Crippen LogP contribution in [-0.4, -0.2) is 16.4 Å². The van der Waals surface area contributed by atoms with Crippen LogP contribution in [0.3, 0.4) is 0 Å². The number of nitriles is 1. The molecule has 0 saturated heterocycles. The molecule has 2 aromatic rings. The van der Waals surface area contributed by atoms with E-state index in [-0.39, 0.29) is 0 Å². The first-order valence-corrected chi connectivity index (χ1v) is 5.26. The Morgan fingerprint density at radius 1 is 1.60 bits per heavy atom. The summed E-state index contributed by atoms with van der Waals surface area (Å²) in [5, 5.41) is 12.0. The van der Waals surface area contributed by atoms with E-state index in [0.29, 0.717) is 12.2 Å². The molecule has 0 aliphatic heterocycles. The van der Waals surface area contributed by atoms with Crippen molar-refractivity contribution in [3.63, 3.8) is 0 Å². The van der Waals surface area contributed by atoms with Crippen molar-refractivity contribution >= 4 is 21.4 Å². The van der Waals surface area contributed by atoms with E-state index in [9.17, 15) is 0 Å². The summed E-state index contributed by atoms with van der Waals surface area (Å²) in [7, 11) is 1.85. The van der Waals surface area contributed by atoms with Crippen molar-refractivity contribution in [2.24, 2.45) is 0 Å². The van der Waals surface area contributed by atoms with E-state index in [1.54, 1.807) is 0 Å². The Morgan fingerprint density at radius 3 is 3.07 bits per heavy atom. The Bertz CT molecular complexity index is 538. The topological polar surface area (TPSA) is 53.1 Å². The maximum Gasteiger partial charge on any atom is 0.166 e.